The molecule has 0 bridgehead atoms. The average Bonchev–Trinajstić information content (AvgIpc) is 2.35. The van der Waals surface area contributed by atoms with E-state index in [2.05, 4.69) is 29.9 Å². The number of allylic oxidation sites excluding steroid dienone is 3. The number of ether oxygens (including phenoxy) is 1. The van der Waals surface area contributed by atoms with Crippen LogP contribution in [0.5, 0.6) is 0 Å². The molecule has 0 unspecified atom stereocenters. The zero-order chi connectivity index (χ0) is 12.8. The zero-order valence-electron chi connectivity index (χ0n) is 11.3. The van der Waals surface area contributed by atoms with E-state index in [9.17, 15) is 4.79 Å². The van der Waals surface area contributed by atoms with Gasteiger partial charge in [0.05, 0.1) is 13.5 Å². The van der Waals surface area contributed by atoms with Gasteiger partial charge in [-0.25, -0.2) is 0 Å². The Hall–Kier alpha value is -1.05. The third kappa shape index (κ3) is 12.9. The first-order valence-electron chi connectivity index (χ1n) is 6.68. The Morgan fingerprint density at radius 1 is 0.941 bits per heavy atom. The number of hydrogen-bond donors (Lipinski definition) is 0. The number of rotatable bonds is 10. The third-order valence-electron chi connectivity index (χ3n) is 2.56. The average molecular weight is 238 g/mol. The van der Waals surface area contributed by atoms with Crippen molar-refractivity contribution in [1.82, 2.24) is 0 Å². The van der Waals surface area contributed by atoms with E-state index in [-0.39, 0.29) is 5.97 Å². The summed E-state index contributed by atoms with van der Waals surface area (Å²) in [6.07, 6.45) is 17.4. The molecule has 0 heterocycles. The first-order chi connectivity index (χ1) is 8.31. The molecule has 0 aromatic heterocycles. The third-order valence-corrected chi connectivity index (χ3v) is 2.56. The van der Waals surface area contributed by atoms with Crippen molar-refractivity contribution in [1.29, 1.82) is 0 Å². The van der Waals surface area contributed by atoms with Crippen molar-refractivity contribution < 1.29 is 9.53 Å². The largest absolute Gasteiger partial charge is 0.469 e. The number of carbonyl (C=O) groups excluding carboxylic acids is 1. The summed E-state index contributed by atoms with van der Waals surface area (Å²) in [6.45, 7) is 2.23. The predicted octanol–water partition coefficient (Wildman–Crippen LogP) is 4.41. The molecule has 0 atom stereocenters. The number of unbranched alkanes of at least 4 members (excludes halogenated alkanes) is 5. The second-order valence-corrected chi connectivity index (χ2v) is 4.15. The van der Waals surface area contributed by atoms with E-state index in [1.54, 1.807) is 0 Å². The van der Waals surface area contributed by atoms with E-state index in [0.717, 1.165) is 19.3 Å². The molecule has 0 aliphatic rings. The summed E-state index contributed by atoms with van der Waals surface area (Å²) >= 11 is 0. The molecule has 0 rings (SSSR count). The Morgan fingerprint density at radius 3 is 2.12 bits per heavy atom. The molecule has 0 radical (unpaired) electrons. The summed E-state index contributed by atoms with van der Waals surface area (Å²) in [6, 6.07) is 0. The van der Waals surface area contributed by atoms with Crippen LogP contribution in [-0.2, 0) is 9.53 Å². The number of esters is 1. The van der Waals surface area contributed by atoms with Gasteiger partial charge in [-0.3, -0.25) is 4.79 Å². The van der Waals surface area contributed by atoms with Crippen molar-refractivity contribution in [2.24, 2.45) is 0 Å². The van der Waals surface area contributed by atoms with Crippen LogP contribution in [0.4, 0.5) is 0 Å². The lowest BCUT2D eigenvalue weighted by Crippen LogP contribution is -1.96. The molecule has 0 aromatic carbocycles. The molecule has 17 heavy (non-hydrogen) atoms. The minimum Gasteiger partial charge on any atom is -0.469 e. The highest BCUT2D eigenvalue weighted by molar-refractivity contribution is 5.70. The maximum Gasteiger partial charge on any atom is 0.309 e. The van der Waals surface area contributed by atoms with Gasteiger partial charge in [0.15, 0.2) is 0 Å². The quantitative estimate of drug-likeness (QED) is 0.320. The summed E-state index contributed by atoms with van der Waals surface area (Å²) in [7, 11) is 1.42. The normalized spacial score (nSPS) is 11.4. The van der Waals surface area contributed by atoms with Gasteiger partial charge in [-0.05, 0) is 32.1 Å². The fraction of sp³-hybridized carbons (Fsp3) is 0.667. The van der Waals surface area contributed by atoms with Gasteiger partial charge in [0, 0.05) is 0 Å². The van der Waals surface area contributed by atoms with Crippen LogP contribution in [0.2, 0.25) is 0 Å². The maximum absolute atomic E-state index is 10.8. The summed E-state index contributed by atoms with van der Waals surface area (Å²) in [5, 5.41) is 0. The molecule has 0 aliphatic heterocycles. The van der Waals surface area contributed by atoms with Crippen LogP contribution in [0.15, 0.2) is 24.3 Å². The van der Waals surface area contributed by atoms with Crippen LogP contribution in [0.25, 0.3) is 0 Å². The van der Waals surface area contributed by atoms with Crippen LogP contribution < -0.4 is 0 Å². The molecule has 0 saturated heterocycles. The monoisotopic (exact) mass is 238 g/mol. The molecule has 0 saturated carbocycles. The second kappa shape index (κ2) is 13.0. The minimum atomic E-state index is -0.169. The van der Waals surface area contributed by atoms with Crippen molar-refractivity contribution >= 4 is 5.97 Å². The van der Waals surface area contributed by atoms with Gasteiger partial charge in [0.2, 0.25) is 0 Å². The van der Waals surface area contributed by atoms with Crippen molar-refractivity contribution in [3.8, 4) is 0 Å². The van der Waals surface area contributed by atoms with Crippen LogP contribution in [0.3, 0.4) is 0 Å². The van der Waals surface area contributed by atoms with Gasteiger partial charge < -0.3 is 4.74 Å². The fourth-order valence-corrected chi connectivity index (χ4v) is 1.48. The Labute approximate surface area is 106 Å². The van der Waals surface area contributed by atoms with E-state index in [4.69, 9.17) is 0 Å². The first kappa shape index (κ1) is 16.0. The molecule has 0 amide bonds. The molecular formula is C15H26O2. The number of hydrogen-bond acceptors (Lipinski definition) is 2. The molecule has 0 N–H and O–H groups in total. The molecule has 2 heteroatoms. The summed E-state index contributed by atoms with van der Waals surface area (Å²) in [5.41, 5.74) is 0. The van der Waals surface area contributed by atoms with Crippen LogP contribution in [-0.4, -0.2) is 13.1 Å². The Morgan fingerprint density at radius 2 is 1.53 bits per heavy atom. The van der Waals surface area contributed by atoms with E-state index in [0.29, 0.717) is 6.42 Å². The SMILES string of the molecule is CCCCC/C=C\CCC/C=C/CC(=O)OC. The molecule has 0 aliphatic carbocycles. The van der Waals surface area contributed by atoms with Gasteiger partial charge in [-0.1, -0.05) is 44.1 Å². The lowest BCUT2D eigenvalue weighted by Gasteiger charge is -1.94. The molecule has 0 fully saturated rings. The van der Waals surface area contributed by atoms with Crippen LogP contribution >= 0.6 is 0 Å². The number of carbonyl (C=O) groups is 1. The van der Waals surface area contributed by atoms with E-state index in [1.165, 1.54) is 32.8 Å². The summed E-state index contributed by atoms with van der Waals surface area (Å²) < 4.78 is 4.54. The fourth-order valence-electron chi connectivity index (χ4n) is 1.48. The van der Waals surface area contributed by atoms with Crippen LogP contribution in [0, 0.1) is 0 Å². The van der Waals surface area contributed by atoms with E-state index >= 15 is 0 Å². The van der Waals surface area contributed by atoms with Gasteiger partial charge in [-0.15, -0.1) is 0 Å². The van der Waals surface area contributed by atoms with Crippen molar-refractivity contribution in [3.05, 3.63) is 24.3 Å². The van der Waals surface area contributed by atoms with Gasteiger partial charge >= 0.3 is 5.97 Å². The van der Waals surface area contributed by atoms with Gasteiger partial charge in [0.25, 0.3) is 0 Å². The van der Waals surface area contributed by atoms with Gasteiger partial charge in [0.1, 0.15) is 0 Å². The molecular weight excluding hydrogens is 212 g/mol. The smallest absolute Gasteiger partial charge is 0.309 e. The molecule has 0 aromatic rings. The predicted molar refractivity (Wildman–Crippen MR) is 72.9 cm³/mol. The Balaban J connectivity index is 3.25. The van der Waals surface area contributed by atoms with E-state index in [1.807, 2.05) is 6.08 Å². The maximum atomic E-state index is 10.8. The van der Waals surface area contributed by atoms with Crippen molar-refractivity contribution in [2.45, 2.75) is 58.3 Å². The second-order valence-electron chi connectivity index (χ2n) is 4.15. The lowest BCUT2D eigenvalue weighted by molar-refractivity contribution is -0.139. The minimum absolute atomic E-state index is 0.169. The first-order valence-corrected chi connectivity index (χ1v) is 6.68. The standard InChI is InChI=1S/C15H26O2/c1-3-4-5-6-7-8-9-10-11-12-13-14-15(16)17-2/h7-8,12-13H,3-6,9-11,14H2,1-2H3/b8-7-,13-12+. The molecule has 98 valence electrons. The van der Waals surface area contributed by atoms with Crippen molar-refractivity contribution in [2.75, 3.05) is 7.11 Å². The highest BCUT2D eigenvalue weighted by atomic mass is 16.5. The van der Waals surface area contributed by atoms with E-state index < -0.39 is 0 Å². The molecule has 2 nitrogen and oxygen atoms in total. The summed E-state index contributed by atoms with van der Waals surface area (Å²) in [4.78, 5) is 10.8. The van der Waals surface area contributed by atoms with Crippen molar-refractivity contribution in [3.63, 3.8) is 0 Å². The summed E-state index contributed by atoms with van der Waals surface area (Å²) in [5.74, 6) is -0.169. The molecule has 0 spiro atoms. The zero-order valence-corrected chi connectivity index (χ0v) is 11.3. The highest BCUT2D eigenvalue weighted by Gasteiger charge is 1.92. The number of methoxy groups -OCH3 is 1. The Bertz CT molecular complexity index is 229. The Kier molecular flexibility index (Phi) is 12.2. The van der Waals surface area contributed by atoms with Gasteiger partial charge in [-0.2, -0.15) is 0 Å². The topological polar surface area (TPSA) is 26.3 Å². The van der Waals surface area contributed by atoms with Crippen LogP contribution in [0.1, 0.15) is 58.3 Å². The lowest BCUT2D eigenvalue weighted by atomic mass is 10.1. The highest BCUT2D eigenvalue weighted by Crippen LogP contribution is 2.03.